The van der Waals surface area contributed by atoms with Gasteiger partial charge in [-0.1, -0.05) is 0 Å². The van der Waals surface area contributed by atoms with Crippen molar-refractivity contribution in [1.29, 1.82) is 0 Å². The SMILES string of the molecule is CNc1nc(Nc2cc[nH]c2)ncc1C(F)(F)F. The van der Waals surface area contributed by atoms with Crippen LogP contribution in [0.25, 0.3) is 0 Å². The Morgan fingerprint density at radius 3 is 2.67 bits per heavy atom. The number of nitrogens with zero attached hydrogens (tertiary/aromatic N) is 2. The Hall–Kier alpha value is -2.25. The molecule has 0 radical (unpaired) electrons. The number of aromatic amines is 1. The van der Waals surface area contributed by atoms with Crippen molar-refractivity contribution in [1.82, 2.24) is 15.0 Å². The zero-order valence-electron chi connectivity index (χ0n) is 9.34. The van der Waals surface area contributed by atoms with Crippen molar-refractivity contribution < 1.29 is 13.2 Å². The number of halogens is 3. The number of alkyl halides is 3. The second-order valence-corrected chi connectivity index (χ2v) is 3.43. The first-order valence-corrected chi connectivity index (χ1v) is 5.02. The van der Waals surface area contributed by atoms with Gasteiger partial charge in [-0.05, 0) is 6.07 Å². The van der Waals surface area contributed by atoms with Gasteiger partial charge in [-0.3, -0.25) is 0 Å². The Morgan fingerprint density at radius 2 is 2.11 bits per heavy atom. The summed E-state index contributed by atoms with van der Waals surface area (Å²) in [7, 11) is 1.37. The molecule has 0 bridgehead atoms. The minimum atomic E-state index is -4.48. The van der Waals surface area contributed by atoms with Gasteiger partial charge in [0.1, 0.15) is 11.4 Å². The maximum absolute atomic E-state index is 12.6. The molecular weight excluding hydrogens is 247 g/mol. The molecule has 18 heavy (non-hydrogen) atoms. The fourth-order valence-electron chi connectivity index (χ4n) is 1.37. The molecule has 8 heteroatoms. The molecule has 0 amide bonds. The summed E-state index contributed by atoms with van der Waals surface area (Å²) in [4.78, 5) is 10.2. The zero-order valence-corrected chi connectivity index (χ0v) is 9.34. The molecule has 0 fully saturated rings. The molecular formula is C10H10F3N5. The van der Waals surface area contributed by atoms with E-state index in [1.807, 2.05) is 0 Å². The van der Waals surface area contributed by atoms with Crippen molar-refractivity contribution in [2.75, 3.05) is 17.7 Å². The number of hydrogen-bond donors (Lipinski definition) is 3. The van der Waals surface area contributed by atoms with E-state index < -0.39 is 11.7 Å². The Morgan fingerprint density at radius 1 is 1.33 bits per heavy atom. The van der Waals surface area contributed by atoms with Crippen molar-refractivity contribution >= 4 is 17.5 Å². The maximum Gasteiger partial charge on any atom is 0.421 e. The van der Waals surface area contributed by atoms with Gasteiger partial charge in [0, 0.05) is 25.6 Å². The molecule has 0 saturated heterocycles. The summed E-state index contributed by atoms with van der Waals surface area (Å²) >= 11 is 0. The highest BCUT2D eigenvalue weighted by atomic mass is 19.4. The molecule has 2 aromatic heterocycles. The standard InChI is InChI=1S/C10H10F3N5/c1-14-8-7(10(11,12)13)5-16-9(18-8)17-6-2-3-15-4-6/h2-5,15H,1H3,(H2,14,16,17,18). The highest BCUT2D eigenvalue weighted by Crippen LogP contribution is 2.33. The van der Waals surface area contributed by atoms with Crippen molar-refractivity contribution in [3.63, 3.8) is 0 Å². The monoisotopic (exact) mass is 257 g/mol. The van der Waals surface area contributed by atoms with Gasteiger partial charge >= 0.3 is 6.18 Å². The number of nitrogens with one attached hydrogen (secondary N) is 3. The third-order valence-electron chi connectivity index (χ3n) is 2.19. The van der Waals surface area contributed by atoms with E-state index in [1.165, 1.54) is 7.05 Å². The molecule has 3 N–H and O–H groups in total. The fourth-order valence-corrected chi connectivity index (χ4v) is 1.37. The Labute approximate surface area is 100 Å². The van der Waals surface area contributed by atoms with Crippen LogP contribution < -0.4 is 10.6 Å². The minimum absolute atomic E-state index is 0.0898. The molecule has 0 unspecified atom stereocenters. The van der Waals surface area contributed by atoms with Gasteiger partial charge in [-0.2, -0.15) is 18.2 Å². The second-order valence-electron chi connectivity index (χ2n) is 3.43. The van der Waals surface area contributed by atoms with Gasteiger partial charge < -0.3 is 15.6 Å². The van der Waals surface area contributed by atoms with Crippen LogP contribution in [0.5, 0.6) is 0 Å². The lowest BCUT2D eigenvalue weighted by Crippen LogP contribution is -2.12. The normalized spacial score (nSPS) is 11.3. The maximum atomic E-state index is 12.6. The second kappa shape index (κ2) is 4.55. The lowest BCUT2D eigenvalue weighted by Gasteiger charge is -2.12. The zero-order chi connectivity index (χ0) is 13.2. The van der Waals surface area contributed by atoms with Crippen LogP contribution in [-0.2, 0) is 6.18 Å². The van der Waals surface area contributed by atoms with Crippen LogP contribution in [0.4, 0.5) is 30.6 Å². The highest BCUT2D eigenvalue weighted by molar-refractivity contribution is 5.55. The topological polar surface area (TPSA) is 65.6 Å². The molecule has 96 valence electrons. The highest BCUT2D eigenvalue weighted by Gasteiger charge is 2.34. The fraction of sp³-hybridized carbons (Fsp3) is 0.200. The van der Waals surface area contributed by atoms with Crippen LogP contribution >= 0.6 is 0 Å². The van der Waals surface area contributed by atoms with E-state index in [0.29, 0.717) is 5.69 Å². The van der Waals surface area contributed by atoms with Crippen LogP contribution in [-0.4, -0.2) is 22.0 Å². The Bertz CT molecular complexity index is 521. The quantitative estimate of drug-likeness (QED) is 0.790. The number of hydrogen-bond acceptors (Lipinski definition) is 4. The number of anilines is 3. The van der Waals surface area contributed by atoms with Gasteiger partial charge in [0.15, 0.2) is 0 Å². The summed E-state index contributed by atoms with van der Waals surface area (Å²) in [6.45, 7) is 0. The molecule has 0 aliphatic rings. The average molecular weight is 257 g/mol. The summed E-state index contributed by atoms with van der Waals surface area (Å²) < 4.78 is 37.8. The third kappa shape index (κ3) is 2.53. The number of H-pyrrole nitrogens is 1. The smallest absolute Gasteiger partial charge is 0.372 e. The van der Waals surface area contributed by atoms with Crippen molar-refractivity contribution in [2.24, 2.45) is 0 Å². The average Bonchev–Trinajstić information content (AvgIpc) is 2.80. The summed E-state index contributed by atoms with van der Waals surface area (Å²) in [6, 6.07) is 1.71. The van der Waals surface area contributed by atoms with Crippen molar-refractivity contribution in [2.45, 2.75) is 6.18 Å². The molecule has 2 aromatic rings. The molecule has 5 nitrogen and oxygen atoms in total. The minimum Gasteiger partial charge on any atom is -0.372 e. The van der Waals surface area contributed by atoms with Crippen LogP contribution in [0.15, 0.2) is 24.7 Å². The lowest BCUT2D eigenvalue weighted by atomic mass is 10.3. The van der Waals surface area contributed by atoms with Crippen LogP contribution in [0.1, 0.15) is 5.56 Å². The summed E-state index contributed by atoms with van der Waals surface area (Å²) in [5, 5.41) is 5.18. The van der Waals surface area contributed by atoms with Crippen molar-refractivity contribution in [3.05, 3.63) is 30.2 Å². The molecule has 0 aliphatic carbocycles. The predicted molar refractivity (Wildman–Crippen MR) is 60.7 cm³/mol. The first kappa shape index (κ1) is 12.2. The summed E-state index contributed by atoms with van der Waals surface area (Å²) in [6.07, 6.45) is -0.426. The van der Waals surface area contributed by atoms with Gasteiger partial charge in [-0.15, -0.1) is 0 Å². The first-order valence-electron chi connectivity index (χ1n) is 5.02. The summed E-state index contributed by atoms with van der Waals surface area (Å²) in [5.74, 6) is -0.178. The molecule has 0 aliphatic heterocycles. The van der Waals surface area contributed by atoms with Crippen LogP contribution in [0.3, 0.4) is 0 Å². The number of rotatable bonds is 3. The van der Waals surface area contributed by atoms with Crippen LogP contribution in [0, 0.1) is 0 Å². The Balaban J connectivity index is 2.30. The first-order chi connectivity index (χ1) is 8.50. The van der Waals surface area contributed by atoms with E-state index in [-0.39, 0.29) is 11.8 Å². The van der Waals surface area contributed by atoms with Crippen LogP contribution in [0.2, 0.25) is 0 Å². The van der Waals surface area contributed by atoms with E-state index in [2.05, 4.69) is 25.6 Å². The van der Waals surface area contributed by atoms with E-state index in [4.69, 9.17) is 0 Å². The van der Waals surface area contributed by atoms with Gasteiger partial charge in [0.05, 0.1) is 5.69 Å². The largest absolute Gasteiger partial charge is 0.421 e. The van der Waals surface area contributed by atoms with E-state index in [9.17, 15) is 13.2 Å². The van der Waals surface area contributed by atoms with E-state index in [0.717, 1.165) is 6.20 Å². The molecule has 0 atom stereocenters. The number of aromatic nitrogens is 3. The summed E-state index contributed by atoms with van der Waals surface area (Å²) in [5.41, 5.74) is -0.235. The third-order valence-corrected chi connectivity index (χ3v) is 2.19. The van der Waals surface area contributed by atoms with Gasteiger partial charge in [0.2, 0.25) is 5.95 Å². The molecule has 0 spiro atoms. The Kier molecular flexibility index (Phi) is 3.09. The van der Waals surface area contributed by atoms with Crippen molar-refractivity contribution in [3.8, 4) is 0 Å². The molecule has 2 heterocycles. The van der Waals surface area contributed by atoms with Gasteiger partial charge in [0.25, 0.3) is 0 Å². The van der Waals surface area contributed by atoms with Gasteiger partial charge in [-0.25, -0.2) is 4.98 Å². The van der Waals surface area contributed by atoms with E-state index >= 15 is 0 Å². The molecule has 0 aromatic carbocycles. The molecule has 2 rings (SSSR count). The predicted octanol–water partition coefficient (Wildman–Crippen LogP) is 2.61. The lowest BCUT2D eigenvalue weighted by molar-refractivity contribution is -0.137. The molecule has 0 saturated carbocycles. The van der Waals surface area contributed by atoms with E-state index in [1.54, 1.807) is 18.5 Å².